The van der Waals surface area contributed by atoms with Crippen molar-refractivity contribution in [1.82, 2.24) is 4.90 Å². The molecule has 0 saturated heterocycles. The zero-order valence-corrected chi connectivity index (χ0v) is 12.3. The average molecular weight is 287 g/mol. The maximum absolute atomic E-state index is 12.0. The summed E-state index contributed by atoms with van der Waals surface area (Å²) in [6.07, 6.45) is 2.71. The second kappa shape index (κ2) is 7.67. The van der Waals surface area contributed by atoms with Crippen LogP contribution in [-0.4, -0.2) is 35.9 Å². The van der Waals surface area contributed by atoms with Crippen LogP contribution in [0.3, 0.4) is 0 Å². The van der Waals surface area contributed by atoms with Gasteiger partial charge in [-0.15, -0.1) is 0 Å². The fourth-order valence-corrected chi connectivity index (χ4v) is 2.30. The van der Waals surface area contributed by atoms with Crippen molar-refractivity contribution in [2.45, 2.75) is 19.0 Å². The Kier molecular flexibility index (Phi) is 6.54. The lowest BCUT2D eigenvalue weighted by atomic mass is 10.2. The van der Waals surface area contributed by atoms with Gasteiger partial charge in [0.05, 0.1) is 6.04 Å². The Morgan fingerprint density at radius 3 is 2.78 bits per heavy atom. The molecule has 5 heteroatoms. The van der Waals surface area contributed by atoms with Crippen LogP contribution in [-0.2, 0) is 11.3 Å². The van der Waals surface area contributed by atoms with E-state index in [1.165, 1.54) is 0 Å². The highest BCUT2D eigenvalue weighted by atomic mass is 35.5. The summed E-state index contributed by atoms with van der Waals surface area (Å²) in [5.41, 5.74) is 6.80. The van der Waals surface area contributed by atoms with E-state index in [9.17, 15) is 4.79 Å². The van der Waals surface area contributed by atoms with Gasteiger partial charge in [-0.2, -0.15) is 11.8 Å². The van der Waals surface area contributed by atoms with Gasteiger partial charge >= 0.3 is 0 Å². The number of rotatable bonds is 6. The number of carbonyl (C=O) groups excluding carboxylic acids is 1. The number of thioether (sulfide) groups is 1. The van der Waals surface area contributed by atoms with Crippen LogP contribution in [0.4, 0.5) is 0 Å². The number of carbonyl (C=O) groups is 1. The summed E-state index contributed by atoms with van der Waals surface area (Å²) in [6.45, 7) is 0.492. The first-order valence-electron chi connectivity index (χ1n) is 5.79. The molecule has 1 aromatic carbocycles. The van der Waals surface area contributed by atoms with Gasteiger partial charge in [-0.3, -0.25) is 4.79 Å². The number of nitrogens with two attached hydrogens (primary N) is 1. The number of nitrogens with zero attached hydrogens (tertiary/aromatic N) is 1. The molecule has 2 N–H and O–H groups in total. The topological polar surface area (TPSA) is 46.3 Å². The van der Waals surface area contributed by atoms with Gasteiger partial charge in [0.1, 0.15) is 0 Å². The molecule has 18 heavy (non-hydrogen) atoms. The Bertz CT molecular complexity index is 400. The van der Waals surface area contributed by atoms with Gasteiger partial charge in [0.15, 0.2) is 0 Å². The molecule has 1 rings (SSSR count). The van der Waals surface area contributed by atoms with Gasteiger partial charge in [-0.05, 0) is 30.1 Å². The Balaban J connectivity index is 2.57. The van der Waals surface area contributed by atoms with Crippen LogP contribution < -0.4 is 5.73 Å². The molecule has 0 aromatic heterocycles. The monoisotopic (exact) mass is 286 g/mol. The van der Waals surface area contributed by atoms with E-state index in [4.69, 9.17) is 17.3 Å². The highest BCUT2D eigenvalue weighted by molar-refractivity contribution is 7.98. The summed E-state index contributed by atoms with van der Waals surface area (Å²) in [6, 6.07) is 7.10. The third-order valence-corrected chi connectivity index (χ3v) is 3.70. The molecular formula is C13H19ClN2OS. The van der Waals surface area contributed by atoms with Crippen molar-refractivity contribution in [2.24, 2.45) is 5.73 Å². The van der Waals surface area contributed by atoms with E-state index in [-0.39, 0.29) is 5.91 Å². The number of halogens is 1. The van der Waals surface area contributed by atoms with E-state index >= 15 is 0 Å². The molecule has 0 fully saturated rings. The lowest BCUT2D eigenvalue weighted by Crippen LogP contribution is -2.41. The largest absolute Gasteiger partial charge is 0.340 e. The number of hydrogen-bond acceptors (Lipinski definition) is 3. The predicted molar refractivity (Wildman–Crippen MR) is 78.9 cm³/mol. The van der Waals surface area contributed by atoms with Gasteiger partial charge in [0, 0.05) is 18.6 Å². The molecule has 0 aliphatic carbocycles. The van der Waals surface area contributed by atoms with Crippen LogP contribution >= 0.6 is 23.4 Å². The molecule has 0 aliphatic heterocycles. The van der Waals surface area contributed by atoms with Crippen molar-refractivity contribution in [3.05, 3.63) is 34.9 Å². The zero-order chi connectivity index (χ0) is 13.5. The van der Waals surface area contributed by atoms with E-state index < -0.39 is 6.04 Å². The Labute approximate surface area is 118 Å². The molecule has 1 amide bonds. The molecule has 100 valence electrons. The van der Waals surface area contributed by atoms with Gasteiger partial charge in [-0.25, -0.2) is 0 Å². The molecule has 3 nitrogen and oxygen atoms in total. The van der Waals surface area contributed by atoms with E-state index in [1.54, 1.807) is 23.7 Å². The molecule has 0 bridgehead atoms. The number of benzene rings is 1. The second-order valence-electron chi connectivity index (χ2n) is 4.17. The summed E-state index contributed by atoms with van der Waals surface area (Å²) in [5, 5.41) is 0.676. The first-order chi connectivity index (χ1) is 8.56. The van der Waals surface area contributed by atoms with E-state index in [0.29, 0.717) is 18.0 Å². The summed E-state index contributed by atoms with van der Waals surface area (Å²) in [4.78, 5) is 13.6. The summed E-state index contributed by atoms with van der Waals surface area (Å²) < 4.78 is 0. The molecule has 0 heterocycles. The maximum atomic E-state index is 12.0. The van der Waals surface area contributed by atoms with Crippen molar-refractivity contribution in [3.63, 3.8) is 0 Å². The molecule has 0 unspecified atom stereocenters. The summed E-state index contributed by atoms with van der Waals surface area (Å²) in [5.74, 6) is 0.858. The molecular weight excluding hydrogens is 268 g/mol. The molecule has 0 saturated carbocycles. The van der Waals surface area contributed by atoms with Gasteiger partial charge in [0.25, 0.3) is 0 Å². The third-order valence-electron chi connectivity index (χ3n) is 2.69. The minimum atomic E-state index is -0.426. The van der Waals surface area contributed by atoms with Crippen molar-refractivity contribution in [1.29, 1.82) is 0 Å². The van der Waals surface area contributed by atoms with Crippen molar-refractivity contribution in [3.8, 4) is 0 Å². The highest BCUT2D eigenvalue weighted by Crippen LogP contribution is 2.16. The highest BCUT2D eigenvalue weighted by Gasteiger charge is 2.18. The van der Waals surface area contributed by atoms with Crippen molar-refractivity contribution in [2.75, 3.05) is 19.1 Å². The van der Waals surface area contributed by atoms with Crippen LogP contribution in [0.5, 0.6) is 0 Å². The minimum absolute atomic E-state index is 0.0380. The smallest absolute Gasteiger partial charge is 0.239 e. The van der Waals surface area contributed by atoms with E-state index in [2.05, 4.69) is 0 Å². The number of amides is 1. The van der Waals surface area contributed by atoms with Crippen molar-refractivity contribution >= 4 is 29.3 Å². The van der Waals surface area contributed by atoms with Gasteiger partial charge < -0.3 is 10.6 Å². The Hall–Kier alpha value is -0.710. The van der Waals surface area contributed by atoms with Crippen LogP contribution in [0.2, 0.25) is 5.02 Å². The standard InChI is InChI=1S/C13H19ClN2OS/c1-16(13(17)12(15)7-8-18-2)9-10-5-3-4-6-11(10)14/h3-6,12H,7-9,15H2,1-2H3/t12-/m0/s1. The van der Waals surface area contributed by atoms with Gasteiger partial charge in [0.2, 0.25) is 5.91 Å². The van der Waals surface area contributed by atoms with Crippen LogP contribution in [0.25, 0.3) is 0 Å². The second-order valence-corrected chi connectivity index (χ2v) is 5.57. The van der Waals surface area contributed by atoms with E-state index in [0.717, 1.165) is 11.3 Å². The molecule has 0 radical (unpaired) electrons. The number of likely N-dealkylation sites (N-methyl/N-ethyl adjacent to an activating group) is 1. The first-order valence-corrected chi connectivity index (χ1v) is 7.56. The van der Waals surface area contributed by atoms with Crippen LogP contribution in [0.15, 0.2) is 24.3 Å². The zero-order valence-electron chi connectivity index (χ0n) is 10.7. The molecule has 1 atom stereocenters. The fraction of sp³-hybridized carbons (Fsp3) is 0.462. The van der Waals surface area contributed by atoms with Crippen molar-refractivity contribution < 1.29 is 4.79 Å². The summed E-state index contributed by atoms with van der Waals surface area (Å²) >= 11 is 7.76. The Morgan fingerprint density at radius 1 is 1.50 bits per heavy atom. The van der Waals surface area contributed by atoms with Gasteiger partial charge in [-0.1, -0.05) is 29.8 Å². The number of hydrogen-bond donors (Lipinski definition) is 1. The molecule has 0 spiro atoms. The normalized spacial score (nSPS) is 12.2. The predicted octanol–water partition coefficient (Wildman–Crippen LogP) is 2.38. The quantitative estimate of drug-likeness (QED) is 0.873. The maximum Gasteiger partial charge on any atom is 0.239 e. The third kappa shape index (κ3) is 4.52. The van der Waals surface area contributed by atoms with E-state index in [1.807, 2.05) is 30.5 Å². The lowest BCUT2D eigenvalue weighted by molar-refractivity contribution is -0.131. The lowest BCUT2D eigenvalue weighted by Gasteiger charge is -2.21. The summed E-state index contributed by atoms with van der Waals surface area (Å²) in [7, 11) is 1.75. The molecule has 0 aliphatic rings. The van der Waals surface area contributed by atoms with Crippen LogP contribution in [0.1, 0.15) is 12.0 Å². The fourth-order valence-electron chi connectivity index (χ4n) is 1.61. The Morgan fingerprint density at radius 2 is 2.17 bits per heavy atom. The SMILES string of the molecule is CSCC[C@H](N)C(=O)N(C)Cc1ccccc1Cl. The minimum Gasteiger partial charge on any atom is -0.340 e. The first kappa shape index (κ1) is 15.3. The van der Waals surface area contributed by atoms with Crippen LogP contribution in [0, 0.1) is 0 Å². The molecule has 1 aromatic rings. The average Bonchev–Trinajstić information content (AvgIpc) is 2.37.